The van der Waals surface area contributed by atoms with E-state index in [9.17, 15) is 9.90 Å². The van der Waals surface area contributed by atoms with Crippen molar-refractivity contribution in [3.63, 3.8) is 0 Å². The van der Waals surface area contributed by atoms with Gasteiger partial charge in [0.25, 0.3) is 5.91 Å². The molecule has 0 saturated carbocycles. The fraction of sp³-hybridized carbons (Fsp3) is 0.136. The Morgan fingerprint density at radius 1 is 1.11 bits per heavy atom. The molecule has 3 aromatic carbocycles. The van der Waals surface area contributed by atoms with Crippen LogP contribution in [0.1, 0.15) is 21.7 Å². The molecule has 5 heteroatoms. The zero-order valence-electron chi connectivity index (χ0n) is 15.0. The maximum absolute atomic E-state index is 12.9. The Balaban J connectivity index is 1.62. The summed E-state index contributed by atoms with van der Waals surface area (Å²) in [4.78, 5) is 14.5. The molecule has 27 heavy (non-hydrogen) atoms. The molecule has 1 amide bonds. The van der Waals surface area contributed by atoms with Gasteiger partial charge >= 0.3 is 0 Å². The lowest BCUT2D eigenvalue weighted by atomic mass is 10.1. The molecule has 4 aromatic rings. The van der Waals surface area contributed by atoms with Crippen molar-refractivity contribution < 1.29 is 14.3 Å². The number of phenols is 1. The minimum atomic E-state index is -0.143. The van der Waals surface area contributed by atoms with Gasteiger partial charge < -0.3 is 14.4 Å². The Morgan fingerprint density at radius 2 is 1.89 bits per heavy atom. The summed E-state index contributed by atoms with van der Waals surface area (Å²) in [5, 5.41) is 12.7. The highest BCUT2D eigenvalue weighted by molar-refractivity contribution is 9.10. The summed E-state index contributed by atoms with van der Waals surface area (Å²) in [5.41, 5.74) is 2.59. The number of phenolic OH excluding ortho intramolecular Hbond substituents is 1. The van der Waals surface area contributed by atoms with E-state index < -0.39 is 0 Å². The average Bonchev–Trinajstić information content (AvgIpc) is 3.01. The molecule has 4 nitrogen and oxygen atoms in total. The summed E-state index contributed by atoms with van der Waals surface area (Å²) in [5.74, 6) is 0.450. The van der Waals surface area contributed by atoms with E-state index >= 15 is 0 Å². The van der Waals surface area contributed by atoms with Gasteiger partial charge in [0.2, 0.25) is 0 Å². The molecule has 0 fully saturated rings. The normalized spacial score (nSPS) is 11.2. The molecule has 0 saturated heterocycles. The van der Waals surface area contributed by atoms with Crippen LogP contribution in [-0.4, -0.2) is 23.0 Å². The predicted molar refractivity (Wildman–Crippen MR) is 110 cm³/mol. The van der Waals surface area contributed by atoms with E-state index in [1.165, 1.54) is 0 Å². The van der Waals surface area contributed by atoms with Crippen molar-refractivity contribution in [3.8, 4) is 5.75 Å². The topological polar surface area (TPSA) is 53.7 Å². The Labute approximate surface area is 165 Å². The zero-order chi connectivity index (χ0) is 19.1. The quantitative estimate of drug-likeness (QED) is 0.464. The first-order valence-electron chi connectivity index (χ1n) is 8.59. The van der Waals surface area contributed by atoms with E-state index in [0.717, 1.165) is 32.9 Å². The van der Waals surface area contributed by atoms with Gasteiger partial charge in [0.15, 0.2) is 5.76 Å². The Kier molecular flexibility index (Phi) is 4.40. The molecule has 1 heterocycles. The van der Waals surface area contributed by atoms with Crippen molar-refractivity contribution in [2.75, 3.05) is 7.05 Å². The van der Waals surface area contributed by atoms with Gasteiger partial charge in [0.05, 0.1) is 4.47 Å². The van der Waals surface area contributed by atoms with Crippen LogP contribution in [0.15, 0.2) is 63.5 Å². The molecule has 0 aliphatic rings. The molecule has 4 rings (SSSR count). The van der Waals surface area contributed by atoms with Crippen LogP contribution in [0, 0.1) is 6.92 Å². The number of furan rings is 1. The number of rotatable bonds is 3. The Bertz CT molecular complexity index is 1180. The van der Waals surface area contributed by atoms with Gasteiger partial charge in [-0.2, -0.15) is 0 Å². The van der Waals surface area contributed by atoms with E-state index in [2.05, 4.69) is 15.9 Å². The molecule has 0 aliphatic carbocycles. The van der Waals surface area contributed by atoms with Crippen LogP contribution in [0.2, 0.25) is 0 Å². The maximum Gasteiger partial charge on any atom is 0.289 e. The number of aromatic hydroxyl groups is 1. The first-order valence-corrected chi connectivity index (χ1v) is 9.38. The first kappa shape index (κ1) is 17.6. The second-order valence-corrected chi connectivity index (χ2v) is 7.46. The van der Waals surface area contributed by atoms with Crippen molar-refractivity contribution in [1.29, 1.82) is 0 Å². The third-order valence-corrected chi connectivity index (χ3v) is 5.64. The van der Waals surface area contributed by atoms with E-state index in [1.54, 1.807) is 18.0 Å². The van der Waals surface area contributed by atoms with E-state index in [4.69, 9.17) is 4.42 Å². The highest BCUT2D eigenvalue weighted by Gasteiger charge is 2.21. The number of hydrogen-bond acceptors (Lipinski definition) is 3. The fourth-order valence-corrected chi connectivity index (χ4v) is 3.82. The lowest BCUT2D eigenvalue weighted by molar-refractivity contribution is 0.0755. The van der Waals surface area contributed by atoms with Crippen molar-refractivity contribution in [3.05, 3.63) is 76.0 Å². The molecule has 0 atom stereocenters. The zero-order valence-corrected chi connectivity index (χ0v) is 16.6. The summed E-state index contributed by atoms with van der Waals surface area (Å²) in [6.07, 6.45) is 0. The molecular weight excluding hydrogens is 406 g/mol. The molecular formula is C22H18BrNO3. The molecule has 0 radical (unpaired) electrons. The number of benzene rings is 3. The summed E-state index contributed by atoms with van der Waals surface area (Å²) in [7, 11) is 1.77. The van der Waals surface area contributed by atoms with Gasteiger partial charge in [0.1, 0.15) is 11.3 Å². The van der Waals surface area contributed by atoms with Gasteiger partial charge in [-0.3, -0.25) is 4.79 Å². The van der Waals surface area contributed by atoms with Gasteiger partial charge in [0, 0.05) is 24.5 Å². The number of fused-ring (bicyclic) bond motifs is 2. The molecule has 0 aliphatic heterocycles. The molecule has 0 unspecified atom stereocenters. The number of halogens is 1. The van der Waals surface area contributed by atoms with Gasteiger partial charge in [-0.05, 0) is 57.4 Å². The van der Waals surface area contributed by atoms with Crippen LogP contribution in [0.25, 0.3) is 21.7 Å². The van der Waals surface area contributed by atoms with E-state index in [1.807, 2.05) is 55.5 Å². The van der Waals surface area contributed by atoms with Crippen molar-refractivity contribution in [2.24, 2.45) is 0 Å². The van der Waals surface area contributed by atoms with Gasteiger partial charge in [-0.25, -0.2) is 0 Å². The summed E-state index contributed by atoms with van der Waals surface area (Å²) in [6, 6.07) is 17.1. The SMILES string of the molecule is Cc1c(C(=O)N(C)Cc2ccc3c(Br)c(O)ccc3c2)oc2ccccc12. The van der Waals surface area contributed by atoms with Crippen molar-refractivity contribution in [2.45, 2.75) is 13.5 Å². The van der Waals surface area contributed by atoms with Crippen LogP contribution < -0.4 is 0 Å². The third-order valence-electron chi connectivity index (χ3n) is 4.80. The number of para-hydroxylation sites is 1. The number of nitrogens with zero attached hydrogens (tertiary/aromatic N) is 1. The number of carbonyl (C=O) groups excluding carboxylic acids is 1. The molecule has 1 aromatic heterocycles. The highest BCUT2D eigenvalue weighted by Crippen LogP contribution is 2.33. The third kappa shape index (κ3) is 3.08. The molecule has 136 valence electrons. The number of amides is 1. The summed E-state index contributed by atoms with van der Waals surface area (Å²) >= 11 is 3.41. The second-order valence-electron chi connectivity index (χ2n) is 6.67. The summed E-state index contributed by atoms with van der Waals surface area (Å²) < 4.78 is 6.47. The molecule has 0 spiro atoms. The van der Waals surface area contributed by atoms with Crippen molar-refractivity contribution in [1.82, 2.24) is 4.90 Å². The van der Waals surface area contributed by atoms with Gasteiger partial charge in [-0.1, -0.05) is 36.4 Å². The first-order chi connectivity index (χ1) is 13.0. The van der Waals surface area contributed by atoms with Crippen LogP contribution in [0.5, 0.6) is 5.75 Å². The Morgan fingerprint density at radius 3 is 2.67 bits per heavy atom. The lowest BCUT2D eigenvalue weighted by Crippen LogP contribution is -2.26. The van der Waals surface area contributed by atoms with E-state index in [-0.39, 0.29) is 11.7 Å². The molecule has 0 bridgehead atoms. The lowest BCUT2D eigenvalue weighted by Gasteiger charge is -2.17. The predicted octanol–water partition coefficient (Wildman–Crippen LogP) is 5.63. The highest BCUT2D eigenvalue weighted by atomic mass is 79.9. The smallest absolute Gasteiger partial charge is 0.289 e. The van der Waals surface area contributed by atoms with Crippen LogP contribution in [0.3, 0.4) is 0 Å². The number of hydrogen-bond donors (Lipinski definition) is 1. The second kappa shape index (κ2) is 6.74. The fourth-order valence-electron chi connectivity index (χ4n) is 3.33. The van der Waals surface area contributed by atoms with Crippen LogP contribution in [-0.2, 0) is 6.54 Å². The minimum absolute atomic E-state index is 0.143. The number of aryl methyl sites for hydroxylation is 1. The maximum atomic E-state index is 12.9. The monoisotopic (exact) mass is 423 g/mol. The largest absolute Gasteiger partial charge is 0.507 e. The average molecular weight is 424 g/mol. The minimum Gasteiger partial charge on any atom is -0.507 e. The van der Waals surface area contributed by atoms with Crippen LogP contribution in [0.4, 0.5) is 0 Å². The van der Waals surface area contributed by atoms with E-state index in [0.29, 0.717) is 16.8 Å². The van der Waals surface area contributed by atoms with Crippen LogP contribution >= 0.6 is 15.9 Å². The molecule has 1 N–H and O–H groups in total. The number of carbonyl (C=O) groups is 1. The summed E-state index contributed by atoms with van der Waals surface area (Å²) in [6.45, 7) is 2.37. The van der Waals surface area contributed by atoms with Crippen molar-refractivity contribution >= 4 is 43.6 Å². The standard InChI is InChI=1S/C22H18BrNO3/c1-13-16-5-3-4-6-19(16)27-21(13)22(26)24(2)12-14-7-9-17-15(11-14)8-10-18(25)20(17)23/h3-11,25H,12H2,1-2H3. The van der Waals surface area contributed by atoms with Gasteiger partial charge in [-0.15, -0.1) is 0 Å². The Hall–Kier alpha value is -2.79.